The standard InChI is InChI=1S/C24H29N3O3/c1-17(2)27-15-20(25-24(28)22-14-23(30-26-22)19-10-11-19)13-21(27)16-29-12-6-9-18-7-4-3-5-8-18/h3-5,7-8,14,17,19-21H,10-13,15-16H2,1-2H3,(H,25,28)/t20-,21-/m1/s1. The maximum atomic E-state index is 12.6. The van der Waals surface area contributed by atoms with Gasteiger partial charge in [-0.2, -0.15) is 0 Å². The number of nitrogens with zero attached hydrogens (tertiary/aromatic N) is 2. The molecule has 6 nitrogen and oxygen atoms in total. The number of carbonyl (C=O) groups excluding carboxylic acids is 1. The third-order valence-electron chi connectivity index (χ3n) is 5.69. The summed E-state index contributed by atoms with van der Waals surface area (Å²) in [4.78, 5) is 15.0. The maximum absolute atomic E-state index is 12.6. The van der Waals surface area contributed by atoms with Crippen LogP contribution < -0.4 is 5.32 Å². The predicted octanol–water partition coefficient (Wildman–Crippen LogP) is 3.20. The number of amides is 1. The van der Waals surface area contributed by atoms with E-state index in [1.54, 1.807) is 6.07 Å². The Balaban J connectivity index is 1.27. The van der Waals surface area contributed by atoms with Crippen LogP contribution in [0.1, 0.15) is 60.8 Å². The number of hydrogen-bond acceptors (Lipinski definition) is 5. The highest BCUT2D eigenvalue weighted by atomic mass is 16.5. The molecule has 1 amide bonds. The molecule has 0 unspecified atom stereocenters. The van der Waals surface area contributed by atoms with Gasteiger partial charge in [-0.3, -0.25) is 9.69 Å². The smallest absolute Gasteiger partial charge is 0.273 e. The number of nitrogens with one attached hydrogen (secondary N) is 1. The monoisotopic (exact) mass is 407 g/mol. The van der Waals surface area contributed by atoms with Crippen LogP contribution in [-0.2, 0) is 4.74 Å². The zero-order valence-corrected chi connectivity index (χ0v) is 17.6. The van der Waals surface area contributed by atoms with Gasteiger partial charge in [-0.1, -0.05) is 35.2 Å². The van der Waals surface area contributed by atoms with Crippen molar-refractivity contribution in [2.45, 2.75) is 57.2 Å². The average Bonchev–Trinajstić information content (AvgIpc) is 3.32. The van der Waals surface area contributed by atoms with Crippen molar-refractivity contribution in [3.05, 3.63) is 53.4 Å². The second-order valence-electron chi connectivity index (χ2n) is 8.42. The van der Waals surface area contributed by atoms with E-state index in [1.165, 1.54) is 0 Å². The zero-order chi connectivity index (χ0) is 20.9. The lowest BCUT2D eigenvalue weighted by molar-refractivity contribution is 0.0829. The minimum Gasteiger partial charge on any atom is -0.367 e. The molecular formula is C24H29N3O3. The summed E-state index contributed by atoms with van der Waals surface area (Å²) in [6, 6.07) is 12.4. The van der Waals surface area contributed by atoms with Crippen molar-refractivity contribution in [2.75, 3.05) is 19.8 Å². The molecule has 158 valence electrons. The Morgan fingerprint density at radius 2 is 2.13 bits per heavy atom. The summed E-state index contributed by atoms with van der Waals surface area (Å²) < 4.78 is 11.1. The van der Waals surface area contributed by atoms with Gasteiger partial charge >= 0.3 is 0 Å². The molecule has 0 radical (unpaired) electrons. The van der Waals surface area contributed by atoms with Gasteiger partial charge in [0.25, 0.3) is 5.91 Å². The summed E-state index contributed by atoms with van der Waals surface area (Å²) in [6.45, 7) is 6.15. The Labute approximate surface area is 178 Å². The first kappa shape index (κ1) is 20.6. The number of aromatic nitrogens is 1. The lowest BCUT2D eigenvalue weighted by atomic mass is 10.1. The lowest BCUT2D eigenvalue weighted by Crippen LogP contribution is -2.40. The Kier molecular flexibility index (Phi) is 6.51. The van der Waals surface area contributed by atoms with Crippen molar-refractivity contribution in [1.82, 2.24) is 15.4 Å². The van der Waals surface area contributed by atoms with Gasteiger partial charge in [0, 0.05) is 42.2 Å². The molecule has 1 aliphatic heterocycles. The van der Waals surface area contributed by atoms with Gasteiger partial charge in [0.05, 0.1) is 6.61 Å². The Morgan fingerprint density at radius 1 is 1.33 bits per heavy atom. The molecule has 6 heteroatoms. The second-order valence-corrected chi connectivity index (χ2v) is 8.42. The maximum Gasteiger partial charge on any atom is 0.273 e. The van der Waals surface area contributed by atoms with Gasteiger partial charge in [0.15, 0.2) is 5.69 Å². The second kappa shape index (κ2) is 9.46. The fourth-order valence-corrected chi connectivity index (χ4v) is 3.96. The first-order chi connectivity index (χ1) is 14.6. The fourth-order valence-electron chi connectivity index (χ4n) is 3.96. The molecular weight excluding hydrogens is 378 g/mol. The average molecular weight is 408 g/mol. The van der Waals surface area contributed by atoms with E-state index in [2.05, 4.69) is 41.1 Å². The molecule has 2 aliphatic rings. The van der Waals surface area contributed by atoms with Crippen molar-refractivity contribution in [2.24, 2.45) is 0 Å². The molecule has 1 saturated heterocycles. The third kappa shape index (κ3) is 5.29. The largest absolute Gasteiger partial charge is 0.367 e. The predicted molar refractivity (Wildman–Crippen MR) is 114 cm³/mol. The minimum absolute atomic E-state index is 0.0741. The van der Waals surface area contributed by atoms with E-state index in [0.717, 1.165) is 37.1 Å². The molecule has 0 bridgehead atoms. The van der Waals surface area contributed by atoms with E-state index in [4.69, 9.17) is 9.26 Å². The van der Waals surface area contributed by atoms with Crippen molar-refractivity contribution in [3.8, 4) is 11.8 Å². The molecule has 1 N–H and O–H groups in total. The first-order valence-electron chi connectivity index (χ1n) is 10.7. The molecule has 2 fully saturated rings. The number of ether oxygens (including phenoxy) is 1. The summed E-state index contributed by atoms with van der Waals surface area (Å²) in [6.07, 6.45) is 3.10. The van der Waals surface area contributed by atoms with Crippen LogP contribution in [0.15, 0.2) is 40.9 Å². The zero-order valence-electron chi connectivity index (χ0n) is 17.6. The number of hydrogen-bond donors (Lipinski definition) is 1. The Morgan fingerprint density at radius 3 is 2.87 bits per heavy atom. The van der Waals surface area contributed by atoms with E-state index in [1.807, 2.05) is 30.3 Å². The van der Waals surface area contributed by atoms with E-state index >= 15 is 0 Å². The molecule has 4 rings (SSSR count). The number of rotatable bonds is 7. The number of carbonyl (C=O) groups is 1. The minimum atomic E-state index is -0.158. The highest BCUT2D eigenvalue weighted by molar-refractivity contribution is 5.92. The van der Waals surface area contributed by atoms with Crippen LogP contribution in [0.2, 0.25) is 0 Å². The van der Waals surface area contributed by atoms with Crippen LogP contribution in [0, 0.1) is 11.8 Å². The number of likely N-dealkylation sites (tertiary alicyclic amines) is 1. The topological polar surface area (TPSA) is 67.6 Å². The van der Waals surface area contributed by atoms with Crippen molar-refractivity contribution < 1.29 is 14.1 Å². The molecule has 2 aromatic rings. The van der Waals surface area contributed by atoms with E-state index in [9.17, 15) is 4.79 Å². The Bertz CT molecular complexity index is 909. The van der Waals surface area contributed by atoms with Crippen molar-refractivity contribution in [1.29, 1.82) is 0 Å². The van der Waals surface area contributed by atoms with E-state index in [-0.39, 0.29) is 18.0 Å². The van der Waals surface area contributed by atoms with Crippen LogP contribution in [-0.4, -0.2) is 53.8 Å². The number of benzene rings is 1. The summed E-state index contributed by atoms with van der Waals surface area (Å²) in [7, 11) is 0. The van der Waals surface area contributed by atoms with Crippen LogP contribution in [0.3, 0.4) is 0 Å². The molecule has 1 aromatic heterocycles. The summed E-state index contributed by atoms with van der Waals surface area (Å²) in [5.41, 5.74) is 1.37. The molecule has 0 spiro atoms. The van der Waals surface area contributed by atoms with Crippen LogP contribution in [0.5, 0.6) is 0 Å². The lowest BCUT2D eigenvalue weighted by Gasteiger charge is -2.27. The van der Waals surface area contributed by atoms with Gasteiger partial charge in [0.1, 0.15) is 12.4 Å². The quantitative estimate of drug-likeness (QED) is 0.564. The summed E-state index contributed by atoms with van der Waals surface area (Å²) >= 11 is 0. The van der Waals surface area contributed by atoms with Gasteiger partial charge < -0.3 is 14.6 Å². The van der Waals surface area contributed by atoms with Crippen molar-refractivity contribution >= 4 is 5.91 Å². The van der Waals surface area contributed by atoms with Gasteiger partial charge in [-0.05, 0) is 45.2 Å². The SMILES string of the molecule is CC(C)N1C[C@H](NC(=O)c2cc(C3CC3)on2)C[C@@H]1COCC#Cc1ccccc1. The van der Waals surface area contributed by atoms with E-state index < -0.39 is 0 Å². The van der Waals surface area contributed by atoms with Crippen LogP contribution in [0.25, 0.3) is 0 Å². The molecule has 1 saturated carbocycles. The van der Waals surface area contributed by atoms with Gasteiger partial charge in [-0.15, -0.1) is 0 Å². The van der Waals surface area contributed by atoms with E-state index in [0.29, 0.717) is 30.9 Å². The van der Waals surface area contributed by atoms with Gasteiger partial charge in [0.2, 0.25) is 0 Å². The highest BCUT2D eigenvalue weighted by Gasteiger charge is 2.35. The first-order valence-corrected chi connectivity index (χ1v) is 10.7. The normalized spacial score (nSPS) is 21.4. The highest BCUT2D eigenvalue weighted by Crippen LogP contribution is 2.40. The molecule has 1 aromatic carbocycles. The fraction of sp³-hybridized carbons (Fsp3) is 0.500. The Hall–Kier alpha value is -2.62. The van der Waals surface area contributed by atoms with Crippen LogP contribution >= 0.6 is 0 Å². The summed E-state index contributed by atoms with van der Waals surface area (Å²) in [5.74, 6) is 7.31. The summed E-state index contributed by atoms with van der Waals surface area (Å²) in [5, 5.41) is 7.07. The third-order valence-corrected chi connectivity index (χ3v) is 5.69. The molecule has 2 atom stereocenters. The van der Waals surface area contributed by atoms with Crippen molar-refractivity contribution in [3.63, 3.8) is 0 Å². The molecule has 30 heavy (non-hydrogen) atoms. The van der Waals surface area contributed by atoms with Gasteiger partial charge in [-0.25, -0.2) is 0 Å². The van der Waals surface area contributed by atoms with Crippen LogP contribution in [0.4, 0.5) is 0 Å². The molecule has 1 aliphatic carbocycles. The molecule has 2 heterocycles.